The molecule has 1 saturated heterocycles. The van der Waals surface area contributed by atoms with E-state index in [0.29, 0.717) is 85.7 Å². The minimum absolute atomic E-state index is 0.00431. The van der Waals surface area contributed by atoms with Crippen LogP contribution in [-0.2, 0) is 25.6 Å². The fraction of sp³-hybridized carbons (Fsp3) is 0.462. The highest BCUT2D eigenvalue weighted by molar-refractivity contribution is 9.11. The number of phenols is 3. The van der Waals surface area contributed by atoms with Gasteiger partial charge in [-0.3, -0.25) is 0 Å². The summed E-state index contributed by atoms with van der Waals surface area (Å²) >= 11 is 6.46. The van der Waals surface area contributed by atoms with Crippen LogP contribution in [0.4, 0.5) is 17.6 Å². The second-order valence-corrected chi connectivity index (χ2v) is 32.9. The number of rotatable bonds is 21. The van der Waals surface area contributed by atoms with E-state index < -0.39 is 30.0 Å². The Morgan fingerprint density at radius 3 is 0.979 bits per heavy atom. The molecule has 0 aromatic heterocycles. The van der Waals surface area contributed by atoms with Crippen LogP contribution in [0.15, 0.2) is 136 Å². The minimum Gasteiger partial charge on any atom is -0.508 e. The summed E-state index contributed by atoms with van der Waals surface area (Å²) in [5.74, 6) is 0.887. The van der Waals surface area contributed by atoms with Crippen molar-refractivity contribution in [3.63, 3.8) is 0 Å². The van der Waals surface area contributed by atoms with Gasteiger partial charge in [0.05, 0.1) is 46.6 Å². The zero-order valence-electron chi connectivity index (χ0n) is 58.6. The molecule has 0 aliphatic carbocycles. The Kier molecular flexibility index (Phi) is 25.3. The molecule has 7 aromatic rings. The molecular formula is C78H99BBr2F4O9. The quantitative estimate of drug-likeness (QED) is 0.0367. The smallest absolute Gasteiger partial charge is 0.498 e. The molecule has 0 amide bonds. The first-order valence-electron chi connectivity index (χ1n) is 32.2. The molecule has 8 rings (SSSR count). The summed E-state index contributed by atoms with van der Waals surface area (Å²) in [6, 6.07) is 34.0. The maximum atomic E-state index is 14.5. The van der Waals surface area contributed by atoms with Crippen molar-refractivity contribution in [3.05, 3.63) is 176 Å². The maximum Gasteiger partial charge on any atom is 0.498 e. The lowest BCUT2D eigenvalue weighted by molar-refractivity contribution is 0.00578. The first-order valence-corrected chi connectivity index (χ1v) is 33.8. The predicted octanol–water partition coefficient (Wildman–Crippen LogP) is 21.7. The Labute approximate surface area is 574 Å². The molecule has 0 unspecified atom stereocenters. The summed E-state index contributed by atoms with van der Waals surface area (Å²) in [6.07, 6.45) is 4.02. The van der Waals surface area contributed by atoms with Crippen LogP contribution in [0.5, 0.6) is 40.2 Å². The lowest BCUT2D eigenvalue weighted by Gasteiger charge is -2.33. The van der Waals surface area contributed by atoms with Gasteiger partial charge < -0.3 is 43.6 Å². The fourth-order valence-corrected chi connectivity index (χ4v) is 13.4. The van der Waals surface area contributed by atoms with Gasteiger partial charge in [0.15, 0.2) is 0 Å². The molecule has 9 nitrogen and oxygen atoms in total. The number of hydrogen-bond acceptors (Lipinski definition) is 9. The molecule has 1 heterocycles. The minimum atomic E-state index is -0.541. The van der Waals surface area contributed by atoms with Crippen molar-refractivity contribution in [1.82, 2.24) is 0 Å². The summed E-state index contributed by atoms with van der Waals surface area (Å²) in [5, 5.41) is 32.1. The SMILES string of the molecule is CC(C)(C)CC(C)(C)c1ccc(O)c(-c2cc(F)ccc2OCCCOc2ccc(F)cc2-c2cc(C(C)(C)CC(C)(C)C)ccc2O)c1.CC(C)(C)CC(C)(C)c1ccc(O)c(B2OC(C)(C)C(C)(C)O2)c1.Fc1ccc(OCCCOc2ccc(F)cc2Br)c(Br)c1. The van der Waals surface area contributed by atoms with Gasteiger partial charge in [0.2, 0.25) is 0 Å². The van der Waals surface area contributed by atoms with Crippen LogP contribution in [0.2, 0.25) is 0 Å². The van der Waals surface area contributed by atoms with Crippen LogP contribution in [0.3, 0.4) is 0 Å². The molecule has 0 saturated carbocycles. The van der Waals surface area contributed by atoms with Crippen LogP contribution in [-0.4, -0.2) is 60.1 Å². The number of hydrogen-bond donors (Lipinski definition) is 3. The molecule has 1 aliphatic rings. The number of aromatic hydroxyl groups is 3. The summed E-state index contributed by atoms with van der Waals surface area (Å²) in [4.78, 5) is 0. The standard InChI is InChI=1S/C43H54F2O4.C20H33BO3.C15H12Br2F2O2/c1-40(2,3)26-42(7,8)28-12-16-36(46)32(22-28)34-24-30(44)14-18-38(34)48-20-11-21-49-39-19-15-31(45)25-35(39)33-23-29(13-17-37(33)47)43(9,10)27-41(4,5)6;1-17(2,3)13-18(4,5)14-10-11-16(22)15(12-14)21-23-19(6,7)20(8,9)24-21;16-12-8-10(18)2-4-14(12)20-6-1-7-21-15-5-3-11(19)9-13(15)17/h12-19,22-25,46-47H,11,20-21,26-27H2,1-10H3;10-12,22H,13H2,1-9H3;2-5,8-9H,1,6-7H2. The zero-order chi connectivity index (χ0) is 70.2. The number of ether oxygens (including phenoxy) is 4. The van der Waals surface area contributed by atoms with Gasteiger partial charge in [-0.05, 0) is 231 Å². The number of benzene rings is 7. The largest absolute Gasteiger partial charge is 0.508 e. The highest BCUT2D eigenvalue weighted by Crippen LogP contribution is 2.46. The summed E-state index contributed by atoms with van der Waals surface area (Å²) in [6.45, 7) is 42.7. The molecule has 0 atom stereocenters. The first-order chi connectivity index (χ1) is 43.4. The van der Waals surface area contributed by atoms with Crippen LogP contribution < -0.4 is 24.4 Å². The molecule has 510 valence electrons. The van der Waals surface area contributed by atoms with Gasteiger partial charge in [0.1, 0.15) is 63.5 Å². The molecule has 1 aliphatic heterocycles. The highest BCUT2D eigenvalue weighted by Gasteiger charge is 2.52. The van der Waals surface area contributed by atoms with E-state index in [2.05, 4.69) is 136 Å². The third-order valence-corrected chi connectivity index (χ3v) is 17.9. The summed E-state index contributed by atoms with van der Waals surface area (Å²) in [5.41, 5.74) is 5.20. The van der Waals surface area contributed by atoms with E-state index in [-0.39, 0.29) is 74.6 Å². The molecule has 1 fully saturated rings. The average molecular weight is 1430 g/mol. The molecule has 0 radical (unpaired) electrons. The summed E-state index contributed by atoms with van der Waals surface area (Å²) in [7, 11) is -0.541. The molecule has 0 spiro atoms. The van der Waals surface area contributed by atoms with E-state index in [0.717, 1.165) is 30.4 Å². The maximum absolute atomic E-state index is 14.5. The molecule has 3 N–H and O–H groups in total. The van der Waals surface area contributed by atoms with Gasteiger partial charge in [-0.1, -0.05) is 128 Å². The Balaban J connectivity index is 0.000000257. The molecule has 0 bridgehead atoms. The highest BCUT2D eigenvalue weighted by atomic mass is 79.9. The molecular weight excluding hydrogens is 1330 g/mol. The Morgan fingerprint density at radius 1 is 0.372 bits per heavy atom. The number of halogens is 6. The van der Waals surface area contributed by atoms with Gasteiger partial charge >= 0.3 is 7.12 Å². The van der Waals surface area contributed by atoms with E-state index in [1.165, 1.54) is 54.1 Å². The van der Waals surface area contributed by atoms with Crippen molar-refractivity contribution >= 4 is 44.4 Å². The van der Waals surface area contributed by atoms with E-state index in [1.807, 2.05) is 64.1 Å². The van der Waals surface area contributed by atoms with Gasteiger partial charge in [0.25, 0.3) is 0 Å². The Hall–Kier alpha value is -6.20. The second-order valence-electron chi connectivity index (χ2n) is 31.2. The van der Waals surface area contributed by atoms with E-state index in [9.17, 15) is 32.9 Å². The Morgan fingerprint density at radius 2 is 0.660 bits per heavy atom. The monoisotopic (exact) mass is 1420 g/mol. The van der Waals surface area contributed by atoms with Crippen LogP contribution in [0.25, 0.3) is 22.3 Å². The van der Waals surface area contributed by atoms with Gasteiger partial charge in [-0.25, -0.2) is 17.6 Å². The normalized spacial score (nSPS) is 14.2. The van der Waals surface area contributed by atoms with Gasteiger partial charge in [-0.2, -0.15) is 0 Å². The van der Waals surface area contributed by atoms with Crippen molar-refractivity contribution in [2.45, 2.75) is 191 Å². The lowest BCUT2D eigenvalue weighted by atomic mass is 9.69. The second kappa shape index (κ2) is 30.9. The molecule has 94 heavy (non-hydrogen) atoms. The average Bonchev–Trinajstić information content (AvgIpc) is 1.50. The van der Waals surface area contributed by atoms with Gasteiger partial charge in [-0.15, -0.1) is 0 Å². The fourth-order valence-electron chi connectivity index (χ4n) is 12.5. The van der Waals surface area contributed by atoms with Crippen molar-refractivity contribution in [2.75, 3.05) is 26.4 Å². The first kappa shape index (κ1) is 76.8. The number of phenolic OH excluding ortho intramolecular Hbond substituents is 3. The van der Waals surface area contributed by atoms with Crippen LogP contribution in [0, 0.1) is 39.5 Å². The van der Waals surface area contributed by atoms with Gasteiger partial charge in [0, 0.05) is 40.6 Å². The third-order valence-electron chi connectivity index (χ3n) is 16.6. The van der Waals surface area contributed by atoms with Crippen molar-refractivity contribution in [1.29, 1.82) is 0 Å². The van der Waals surface area contributed by atoms with E-state index in [4.69, 9.17) is 28.3 Å². The summed E-state index contributed by atoms with van der Waals surface area (Å²) < 4.78 is 91.6. The lowest BCUT2D eigenvalue weighted by Crippen LogP contribution is -2.41. The van der Waals surface area contributed by atoms with E-state index >= 15 is 0 Å². The van der Waals surface area contributed by atoms with E-state index in [1.54, 1.807) is 42.5 Å². The predicted molar refractivity (Wildman–Crippen MR) is 382 cm³/mol. The van der Waals surface area contributed by atoms with Crippen LogP contribution in [0.1, 0.15) is 180 Å². The zero-order valence-corrected chi connectivity index (χ0v) is 61.8. The molecule has 16 heteroatoms. The topological polar surface area (TPSA) is 116 Å². The van der Waals surface area contributed by atoms with Crippen LogP contribution >= 0.6 is 31.9 Å². The van der Waals surface area contributed by atoms with Crippen molar-refractivity contribution < 1.29 is 61.1 Å². The third kappa shape index (κ3) is 21.9. The molecule has 7 aromatic carbocycles. The van der Waals surface area contributed by atoms with Crippen molar-refractivity contribution in [3.8, 4) is 62.5 Å². The Bertz CT molecular complexity index is 3500. The van der Waals surface area contributed by atoms with Crippen molar-refractivity contribution in [2.24, 2.45) is 16.2 Å².